The number of halogens is 2. The second-order valence-corrected chi connectivity index (χ2v) is 17.9. The molecule has 0 fully saturated rings. The summed E-state index contributed by atoms with van der Waals surface area (Å²) < 4.78 is 18.1. The zero-order chi connectivity index (χ0) is 30.4. The van der Waals surface area contributed by atoms with E-state index in [4.69, 9.17) is 46.9 Å². The van der Waals surface area contributed by atoms with E-state index in [9.17, 15) is 0 Å². The first kappa shape index (κ1) is 30.5. The number of hydrogen-bond donors (Lipinski definition) is 0. The highest BCUT2D eigenvalue weighted by molar-refractivity contribution is 6.74. The molecule has 0 aliphatic carbocycles. The van der Waals surface area contributed by atoms with Crippen LogP contribution in [0.1, 0.15) is 50.4 Å². The minimum Gasteiger partial charge on any atom is -0.491 e. The molecule has 0 saturated heterocycles. The second-order valence-electron chi connectivity index (χ2n) is 12.3. The van der Waals surface area contributed by atoms with Crippen molar-refractivity contribution in [1.82, 2.24) is 20.1 Å². The first-order valence-corrected chi connectivity index (χ1v) is 17.7. The summed E-state index contributed by atoms with van der Waals surface area (Å²) in [7, 11) is -1.92. The Morgan fingerprint density at radius 3 is 2.52 bits per heavy atom. The van der Waals surface area contributed by atoms with Crippen molar-refractivity contribution in [3.05, 3.63) is 69.3 Å². The van der Waals surface area contributed by atoms with Crippen molar-refractivity contribution in [2.75, 3.05) is 11.5 Å². The summed E-state index contributed by atoms with van der Waals surface area (Å²) >= 11 is 13.8. The van der Waals surface area contributed by atoms with Crippen LogP contribution < -0.4 is 9.64 Å². The summed E-state index contributed by atoms with van der Waals surface area (Å²) in [6.45, 7) is 18.5. The highest BCUT2D eigenvalue weighted by Crippen LogP contribution is 2.42. The van der Waals surface area contributed by atoms with Crippen LogP contribution in [0.4, 0.5) is 5.82 Å². The molecule has 3 aromatic heterocycles. The molecule has 4 aromatic rings. The van der Waals surface area contributed by atoms with Crippen molar-refractivity contribution in [3.8, 4) is 28.4 Å². The van der Waals surface area contributed by atoms with Gasteiger partial charge in [0.15, 0.2) is 20.0 Å². The average Bonchev–Trinajstić information content (AvgIpc) is 3.50. The zero-order valence-electron chi connectivity index (χ0n) is 25.4. The lowest BCUT2D eigenvalue weighted by molar-refractivity contribution is 0.129. The summed E-state index contributed by atoms with van der Waals surface area (Å²) in [5.74, 6) is 2.29. The first-order valence-electron chi connectivity index (χ1n) is 14.0. The van der Waals surface area contributed by atoms with Gasteiger partial charge in [0.2, 0.25) is 0 Å². The Morgan fingerprint density at radius 1 is 1.10 bits per heavy atom. The van der Waals surface area contributed by atoms with Crippen LogP contribution in [-0.2, 0) is 17.5 Å². The molecule has 1 aliphatic rings. The van der Waals surface area contributed by atoms with Gasteiger partial charge < -0.3 is 18.6 Å². The molecule has 0 amide bonds. The number of nitrogens with zero attached hydrogens (tertiary/aromatic N) is 5. The fourth-order valence-corrected chi connectivity index (χ4v) is 6.72. The minimum atomic E-state index is -1.92. The monoisotopic (exact) mass is 625 g/mol. The Balaban J connectivity index is 1.51. The summed E-state index contributed by atoms with van der Waals surface area (Å²) in [6, 6.07) is 9.52. The average molecular weight is 627 g/mol. The van der Waals surface area contributed by atoms with Crippen molar-refractivity contribution in [2.45, 2.75) is 78.9 Å². The maximum absolute atomic E-state index is 7.04. The fraction of sp³-hybridized carbons (Fsp3) is 0.419. The smallest absolute Gasteiger partial charge is 0.192 e. The van der Waals surface area contributed by atoms with Crippen LogP contribution in [0.15, 0.2) is 41.1 Å². The summed E-state index contributed by atoms with van der Waals surface area (Å²) in [4.78, 5) is 16.5. The van der Waals surface area contributed by atoms with Crippen LogP contribution in [0.5, 0.6) is 5.75 Å². The third-order valence-electron chi connectivity index (χ3n) is 8.06. The first-order chi connectivity index (χ1) is 19.7. The van der Waals surface area contributed by atoms with Crippen molar-refractivity contribution in [1.29, 1.82) is 0 Å². The number of pyridine rings is 1. The molecule has 0 N–H and O–H groups in total. The Bertz CT molecular complexity index is 1570. The van der Waals surface area contributed by atoms with Gasteiger partial charge in [0.05, 0.1) is 34.6 Å². The molecule has 1 aromatic carbocycles. The summed E-state index contributed by atoms with van der Waals surface area (Å²) in [6.07, 6.45) is 1.73. The van der Waals surface area contributed by atoms with Crippen LogP contribution in [0.25, 0.3) is 22.6 Å². The summed E-state index contributed by atoms with van der Waals surface area (Å²) in [5.41, 5.74) is 4.73. The van der Waals surface area contributed by atoms with Crippen molar-refractivity contribution >= 4 is 37.3 Å². The Kier molecular flexibility index (Phi) is 8.42. The number of aromatic nitrogens is 4. The van der Waals surface area contributed by atoms with Gasteiger partial charge in [-0.3, -0.25) is 4.98 Å². The Labute approximate surface area is 258 Å². The molecule has 0 saturated carbocycles. The van der Waals surface area contributed by atoms with Crippen molar-refractivity contribution < 1.29 is 13.7 Å². The van der Waals surface area contributed by atoms with Gasteiger partial charge in [-0.15, -0.1) is 0 Å². The molecule has 8 nitrogen and oxygen atoms in total. The number of anilines is 1. The van der Waals surface area contributed by atoms with Gasteiger partial charge in [-0.05, 0) is 68.7 Å². The lowest BCUT2D eigenvalue weighted by Gasteiger charge is -2.38. The molecule has 4 heterocycles. The molecule has 5 rings (SSSR count). The molecule has 0 radical (unpaired) electrons. The van der Waals surface area contributed by atoms with E-state index in [1.807, 2.05) is 39.0 Å². The number of ether oxygens (including phenoxy) is 1. The molecular weight excluding hydrogens is 589 g/mol. The van der Waals surface area contributed by atoms with Gasteiger partial charge in [0.1, 0.15) is 28.8 Å². The van der Waals surface area contributed by atoms with Gasteiger partial charge in [-0.25, -0.2) is 9.97 Å². The van der Waals surface area contributed by atoms with Crippen LogP contribution in [0.2, 0.25) is 28.2 Å². The molecule has 0 spiro atoms. The van der Waals surface area contributed by atoms with E-state index >= 15 is 0 Å². The van der Waals surface area contributed by atoms with Gasteiger partial charge >= 0.3 is 0 Å². The van der Waals surface area contributed by atoms with E-state index in [2.05, 4.69) is 55.0 Å². The predicted molar refractivity (Wildman–Crippen MR) is 170 cm³/mol. The topological polar surface area (TPSA) is 86.4 Å². The van der Waals surface area contributed by atoms with Gasteiger partial charge in [0, 0.05) is 18.3 Å². The van der Waals surface area contributed by atoms with Crippen LogP contribution in [0.3, 0.4) is 0 Å². The van der Waals surface area contributed by atoms with E-state index in [-0.39, 0.29) is 11.1 Å². The SMILES string of the molecule is Cc1noc(C)c1-c1nc(-c2cc(OC[C@@H](C)O[Si](C)(C)C(C)(C)C)ccc2Cl)nc(N2Cc3cccnc3C2)c1Cl. The molecule has 222 valence electrons. The van der Waals surface area contributed by atoms with Gasteiger partial charge in [0.25, 0.3) is 0 Å². The number of hydrogen-bond acceptors (Lipinski definition) is 8. The van der Waals surface area contributed by atoms with E-state index in [0.717, 1.165) is 16.8 Å². The van der Waals surface area contributed by atoms with E-state index in [1.165, 1.54) is 0 Å². The standard InChI is InChI=1S/C31H37Cl2N5O3Si/c1-18(41-42(7,8)31(4,5)6)17-39-22-11-12-24(32)23(14-22)29-35-28(26-19(2)37-40-20(26)3)27(33)30(36-29)38-15-21-10-9-13-34-25(21)16-38/h9-14,18H,15-17H2,1-8H3/t18-/m1/s1. The molecular formula is C31H37Cl2N5O3Si. The van der Waals surface area contributed by atoms with Crippen molar-refractivity contribution in [2.24, 2.45) is 0 Å². The Morgan fingerprint density at radius 2 is 1.86 bits per heavy atom. The molecule has 0 unspecified atom stereocenters. The van der Waals surface area contributed by atoms with Crippen LogP contribution >= 0.6 is 23.2 Å². The lowest BCUT2D eigenvalue weighted by atomic mass is 10.1. The molecule has 42 heavy (non-hydrogen) atoms. The highest BCUT2D eigenvalue weighted by Gasteiger charge is 2.38. The fourth-order valence-electron chi connectivity index (χ4n) is 4.79. The zero-order valence-corrected chi connectivity index (χ0v) is 27.9. The molecule has 1 aliphatic heterocycles. The second kappa shape index (κ2) is 11.6. The van der Waals surface area contributed by atoms with E-state index < -0.39 is 8.32 Å². The molecule has 1 atom stereocenters. The molecule has 0 bridgehead atoms. The minimum absolute atomic E-state index is 0.0695. The van der Waals surface area contributed by atoms with Crippen molar-refractivity contribution in [3.63, 3.8) is 0 Å². The maximum Gasteiger partial charge on any atom is 0.192 e. The number of fused-ring (bicyclic) bond motifs is 1. The normalized spacial score (nSPS) is 14.3. The predicted octanol–water partition coefficient (Wildman–Crippen LogP) is 8.43. The van der Waals surface area contributed by atoms with Gasteiger partial charge in [-0.2, -0.15) is 0 Å². The van der Waals surface area contributed by atoms with E-state index in [0.29, 0.717) is 69.8 Å². The maximum atomic E-state index is 7.04. The third-order valence-corrected chi connectivity index (χ3v) is 13.3. The number of aryl methyl sites for hydroxylation is 2. The Hall–Kier alpha value is -2.98. The summed E-state index contributed by atoms with van der Waals surface area (Å²) in [5, 5.41) is 5.17. The lowest BCUT2D eigenvalue weighted by Crippen LogP contribution is -2.44. The number of rotatable bonds is 8. The highest BCUT2D eigenvalue weighted by atomic mass is 35.5. The molecule has 11 heteroatoms. The van der Waals surface area contributed by atoms with E-state index in [1.54, 1.807) is 12.3 Å². The third kappa shape index (κ3) is 6.06. The van der Waals surface area contributed by atoms with Crippen LogP contribution in [0, 0.1) is 13.8 Å². The quantitative estimate of drug-likeness (QED) is 0.180. The van der Waals surface area contributed by atoms with Gasteiger partial charge in [-0.1, -0.05) is 55.2 Å². The largest absolute Gasteiger partial charge is 0.491 e. The van der Waals surface area contributed by atoms with Crippen LogP contribution in [-0.4, -0.2) is 41.1 Å². The number of benzene rings is 1.